The van der Waals surface area contributed by atoms with Crippen LogP contribution in [0.3, 0.4) is 0 Å². The van der Waals surface area contributed by atoms with Crippen LogP contribution in [-0.2, 0) is 16.3 Å². The van der Waals surface area contributed by atoms with Gasteiger partial charge >= 0.3 is 0 Å². The fraction of sp³-hybridized carbons (Fsp3) is 0.273. The minimum atomic E-state index is -3.00. The van der Waals surface area contributed by atoms with Crippen LogP contribution in [-0.4, -0.2) is 53.7 Å². The first-order chi connectivity index (χ1) is 15.7. The van der Waals surface area contributed by atoms with Crippen LogP contribution in [0.15, 0.2) is 42.6 Å². The van der Waals surface area contributed by atoms with Crippen molar-refractivity contribution >= 4 is 56.4 Å². The van der Waals surface area contributed by atoms with Crippen molar-refractivity contribution in [2.75, 3.05) is 34.8 Å². The normalized spacial score (nSPS) is 15.3. The summed E-state index contributed by atoms with van der Waals surface area (Å²) in [6.07, 6.45) is 1.71. The number of rotatable bonds is 6. The number of carbonyl (C=O) groups is 1. The minimum absolute atomic E-state index is 0.0835. The molecule has 33 heavy (non-hydrogen) atoms. The van der Waals surface area contributed by atoms with Crippen LogP contribution in [0.25, 0.3) is 0 Å². The molecule has 3 aromatic rings. The Hall–Kier alpha value is -2.75. The highest BCUT2D eigenvalue weighted by atomic mass is 35.5. The summed E-state index contributed by atoms with van der Waals surface area (Å²) in [5.41, 5.74) is 1.77. The quantitative estimate of drug-likeness (QED) is 0.502. The Balaban J connectivity index is 1.51. The summed E-state index contributed by atoms with van der Waals surface area (Å²) in [4.78, 5) is 27.9. The number of halogens is 2. The number of anilines is 3. The number of sulfone groups is 1. The van der Waals surface area contributed by atoms with Crippen molar-refractivity contribution in [1.29, 1.82) is 0 Å². The molecule has 8 nitrogen and oxygen atoms in total. The fourth-order valence-corrected chi connectivity index (χ4v) is 5.30. The molecule has 0 saturated carbocycles. The number of Topliss-reactive ketones (excluding diaryl/α,β-unsaturated/α-hetero) is 1. The Morgan fingerprint density at radius 1 is 1.06 bits per heavy atom. The number of benzene rings is 1. The third-order valence-corrected chi connectivity index (χ3v) is 7.40. The number of nitrogens with zero attached hydrogens (tertiary/aromatic N) is 4. The van der Waals surface area contributed by atoms with E-state index in [0.717, 1.165) is 11.3 Å². The van der Waals surface area contributed by atoms with Crippen molar-refractivity contribution in [3.63, 3.8) is 0 Å². The number of aryl methyl sites for hydroxylation is 1. The number of nitrogens with one attached hydrogen (secondary N) is 1. The number of ketones is 1. The highest BCUT2D eigenvalue weighted by molar-refractivity contribution is 7.91. The van der Waals surface area contributed by atoms with Crippen molar-refractivity contribution in [1.82, 2.24) is 15.0 Å². The molecule has 0 radical (unpaired) electrons. The van der Waals surface area contributed by atoms with Gasteiger partial charge in [-0.3, -0.25) is 4.79 Å². The smallest absolute Gasteiger partial charge is 0.227 e. The molecule has 0 amide bonds. The molecule has 4 rings (SSSR count). The van der Waals surface area contributed by atoms with Gasteiger partial charge in [-0.15, -0.1) is 0 Å². The Morgan fingerprint density at radius 3 is 2.45 bits per heavy atom. The van der Waals surface area contributed by atoms with E-state index < -0.39 is 9.84 Å². The zero-order valence-electron chi connectivity index (χ0n) is 17.8. The van der Waals surface area contributed by atoms with E-state index in [2.05, 4.69) is 20.3 Å². The molecule has 1 aliphatic rings. The predicted octanol–water partition coefficient (Wildman–Crippen LogP) is 3.89. The number of hydrogen-bond donors (Lipinski definition) is 1. The van der Waals surface area contributed by atoms with Gasteiger partial charge in [-0.2, -0.15) is 4.98 Å². The topological polar surface area (TPSA) is 105 Å². The number of carbonyl (C=O) groups excluding carboxylic acids is 1. The van der Waals surface area contributed by atoms with E-state index in [-0.39, 0.29) is 23.7 Å². The van der Waals surface area contributed by atoms with Gasteiger partial charge in [0, 0.05) is 37.5 Å². The van der Waals surface area contributed by atoms with Crippen LogP contribution in [0, 0.1) is 6.92 Å². The van der Waals surface area contributed by atoms with E-state index in [1.54, 1.807) is 42.6 Å². The second-order valence-electron chi connectivity index (χ2n) is 7.70. The van der Waals surface area contributed by atoms with E-state index in [1.165, 1.54) is 0 Å². The van der Waals surface area contributed by atoms with Crippen LogP contribution < -0.4 is 10.2 Å². The maximum absolute atomic E-state index is 12.8. The number of pyridine rings is 1. The molecule has 11 heteroatoms. The lowest BCUT2D eigenvalue weighted by molar-refractivity contribution is 0.0993. The van der Waals surface area contributed by atoms with E-state index in [9.17, 15) is 13.2 Å². The van der Waals surface area contributed by atoms with E-state index in [1.807, 2.05) is 11.8 Å². The Bertz CT molecular complexity index is 1280. The highest BCUT2D eigenvalue weighted by Gasteiger charge is 2.24. The van der Waals surface area contributed by atoms with Crippen LogP contribution in [0.5, 0.6) is 0 Å². The molecule has 1 N–H and O–H groups in total. The van der Waals surface area contributed by atoms with Gasteiger partial charge in [0.2, 0.25) is 5.95 Å². The Morgan fingerprint density at radius 2 is 1.76 bits per heavy atom. The molecular weight excluding hydrogens is 485 g/mol. The van der Waals surface area contributed by atoms with Gasteiger partial charge in [-0.05, 0) is 36.8 Å². The summed E-state index contributed by atoms with van der Waals surface area (Å²) >= 11 is 12.3. The molecule has 1 aromatic carbocycles. The predicted molar refractivity (Wildman–Crippen MR) is 130 cm³/mol. The Kier molecular flexibility index (Phi) is 6.83. The zero-order chi connectivity index (χ0) is 23.6. The van der Waals surface area contributed by atoms with Crippen molar-refractivity contribution in [3.05, 3.63) is 69.5 Å². The van der Waals surface area contributed by atoms with Gasteiger partial charge in [-0.25, -0.2) is 18.4 Å². The van der Waals surface area contributed by atoms with Gasteiger partial charge in [0.1, 0.15) is 11.6 Å². The van der Waals surface area contributed by atoms with Gasteiger partial charge < -0.3 is 10.2 Å². The molecule has 0 atom stereocenters. The van der Waals surface area contributed by atoms with Gasteiger partial charge in [0.25, 0.3) is 0 Å². The maximum Gasteiger partial charge on any atom is 0.227 e. The SMILES string of the molecule is Cc1cc(Nc2cc(CC(=O)c3c(Cl)cccc3Cl)ccn2)nc(N2CCS(=O)(=O)CC2)n1. The van der Waals surface area contributed by atoms with Crippen molar-refractivity contribution in [2.24, 2.45) is 0 Å². The largest absolute Gasteiger partial charge is 0.339 e. The molecule has 172 valence electrons. The summed E-state index contributed by atoms with van der Waals surface area (Å²) in [5, 5.41) is 3.77. The highest BCUT2D eigenvalue weighted by Crippen LogP contribution is 2.26. The first-order valence-electron chi connectivity index (χ1n) is 10.2. The molecule has 1 fully saturated rings. The molecule has 3 heterocycles. The minimum Gasteiger partial charge on any atom is -0.339 e. The summed E-state index contributed by atoms with van der Waals surface area (Å²) in [5.74, 6) is 1.47. The molecule has 0 spiro atoms. The van der Waals surface area contributed by atoms with E-state index in [4.69, 9.17) is 23.2 Å². The second kappa shape index (κ2) is 9.62. The van der Waals surface area contributed by atoms with Crippen LogP contribution in [0.4, 0.5) is 17.6 Å². The second-order valence-corrected chi connectivity index (χ2v) is 10.8. The summed E-state index contributed by atoms with van der Waals surface area (Å²) in [6.45, 7) is 2.55. The van der Waals surface area contributed by atoms with Gasteiger partial charge in [0.15, 0.2) is 15.6 Å². The van der Waals surface area contributed by atoms with Gasteiger partial charge in [0.05, 0.1) is 27.1 Å². The van der Waals surface area contributed by atoms with Crippen LogP contribution in [0.1, 0.15) is 21.6 Å². The van der Waals surface area contributed by atoms with Gasteiger partial charge in [-0.1, -0.05) is 29.3 Å². The average molecular weight is 506 g/mol. The molecule has 0 unspecified atom stereocenters. The monoisotopic (exact) mass is 505 g/mol. The van der Waals surface area contributed by atoms with Crippen LogP contribution >= 0.6 is 23.2 Å². The van der Waals surface area contributed by atoms with E-state index >= 15 is 0 Å². The molecule has 1 aliphatic heterocycles. The third-order valence-electron chi connectivity index (χ3n) is 5.16. The van der Waals surface area contributed by atoms with Crippen molar-refractivity contribution < 1.29 is 13.2 Å². The molecule has 0 aliphatic carbocycles. The number of hydrogen-bond acceptors (Lipinski definition) is 8. The first kappa shape index (κ1) is 23.4. The van der Waals surface area contributed by atoms with Crippen molar-refractivity contribution in [2.45, 2.75) is 13.3 Å². The average Bonchev–Trinajstić information content (AvgIpc) is 2.73. The fourth-order valence-electron chi connectivity index (χ4n) is 3.49. The number of aromatic nitrogens is 3. The summed E-state index contributed by atoms with van der Waals surface area (Å²) < 4.78 is 23.4. The molecule has 0 bridgehead atoms. The van der Waals surface area contributed by atoms with Crippen LogP contribution in [0.2, 0.25) is 10.0 Å². The molecular formula is C22H21Cl2N5O3S. The Labute approximate surface area is 201 Å². The maximum atomic E-state index is 12.8. The molecule has 2 aromatic heterocycles. The molecule has 1 saturated heterocycles. The zero-order valence-corrected chi connectivity index (χ0v) is 20.1. The van der Waals surface area contributed by atoms with E-state index in [0.29, 0.717) is 46.3 Å². The lowest BCUT2D eigenvalue weighted by atomic mass is 10.0. The summed E-state index contributed by atoms with van der Waals surface area (Å²) in [7, 11) is -3.00. The standard InChI is InChI=1S/C22H21Cl2N5O3S/c1-14-11-20(28-22(26-14)29-7-9-33(31,32)10-8-29)27-19-13-15(5-6-25-19)12-18(30)21-16(23)3-2-4-17(21)24/h2-6,11,13H,7-10,12H2,1H3,(H,25,26,27,28). The lowest BCUT2D eigenvalue weighted by Crippen LogP contribution is -2.41. The van der Waals surface area contributed by atoms with Crippen molar-refractivity contribution in [3.8, 4) is 0 Å². The lowest BCUT2D eigenvalue weighted by Gasteiger charge is -2.27. The third kappa shape index (κ3) is 5.79. The summed E-state index contributed by atoms with van der Waals surface area (Å²) in [6, 6.07) is 10.2. The first-order valence-corrected chi connectivity index (χ1v) is 12.8.